The second-order valence-corrected chi connectivity index (χ2v) is 8.49. The molecule has 1 aliphatic heterocycles. The zero-order valence-electron chi connectivity index (χ0n) is 18.2. The van der Waals surface area contributed by atoms with Crippen LogP contribution in [0.15, 0.2) is 30.3 Å². The van der Waals surface area contributed by atoms with E-state index in [-0.39, 0.29) is 17.7 Å². The van der Waals surface area contributed by atoms with Gasteiger partial charge in [0.05, 0.1) is 0 Å². The molecule has 0 saturated carbocycles. The molecule has 5 nitrogen and oxygen atoms in total. The van der Waals surface area contributed by atoms with Crippen molar-refractivity contribution in [1.29, 1.82) is 0 Å². The molecule has 1 saturated heterocycles. The molecule has 1 aromatic rings. The van der Waals surface area contributed by atoms with E-state index >= 15 is 0 Å². The number of carbonyl (C=O) groups excluding carboxylic acids is 2. The molecule has 2 amide bonds. The van der Waals surface area contributed by atoms with Gasteiger partial charge in [-0.15, -0.1) is 0 Å². The Bertz CT molecular complexity index is 612. The van der Waals surface area contributed by atoms with Crippen LogP contribution in [0, 0.1) is 11.8 Å². The van der Waals surface area contributed by atoms with Gasteiger partial charge in [-0.1, -0.05) is 57.0 Å². The van der Waals surface area contributed by atoms with Crippen molar-refractivity contribution < 1.29 is 9.59 Å². The van der Waals surface area contributed by atoms with Gasteiger partial charge in [-0.2, -0.15) is 0 Å². The number of carbonyl (C=O) groups is 2. The van der Waals surface area contributed by atoms with Crippen LogP contribution in [0.4, 0.5) is 0 Å². The van der Waals surface area contributed by atoms with Gasteiger partial charge >= 0.3 is 0 Å². The molecule has 0 radical (unpaired) electrons. The molecule has 1 fully saturated rings. The zero-order chi connectivity index (χ0) is 21.1. The first-order valence-electron chi connectivity index (χ1n) is 11.4. The quantitative estimate of drug-likeness (QED) is 0.557. The Labute approximate surface area is 176 Å². The van der Waals surface area contributed by atoms with Crippen LogP contribution in [0.1, 0.15) is 64.4 Å². The molecule has 0 unspecified atom stereocenters. The van der Waals surface area contributed by atoms with Gasteiger partial charge in [-0.25, -0.2) is 0 Å². The maximum absolute atomic E-state index is 13.2. The number of piperidine rings is 1. The number of nitrogens with zero attached hydrogens (tertiary/aromatic N) is 1. The van der Waals surface area contributed by atoms with Crippen LogP contribution in [0.5, 0.6) is 0 Å². The Kier molecular flexibility index (Phi) is 10.2. The third kappa shape index (κ3) is 7.81. The Morgan fingerprint density at radius 2 is 1.83 bits per heavy atom. The van der Waals surface area contributed by atoms with Crippen molar-refractivity contribution in [3.8, 4) is 0 Å². The lowest BCUT2D eigenvalue weighted by Gasteiger charge is -2.36. The SMILES string of the molecule is CC[C@H](C)[C@H](NC(=O)CCCCCN)C(=O)N1CCC(Cc2ccccc2)CC1. The number of unbranched alkanes of at least 4 members (excludes halogenated alkanes) is 2. The van der Waals surface area contributed by atoms with Crippen molar-refractivity contribution in [2.75, 3.05) is 19.6 Å². The summed E-state index contributed by atoms with van der Waals surface area (Å²) < 4.78 is 0. The summed E-state index contributed by atoms with van der Waals surface area (Å²) in [6.45, 7) is 6.37. The smallest absolute Gasteiger partial charge is 0.245 e. The maximum atomic E-state index is 13.2. The summed E-state index contributed by atoms with van der Waals surface area (Å²) in [4.78, 5) is 27.5. The summed E-state index contributed by atoms with van der Waals surface area (Å²) >= 11 is 0. The van der Waals surface area contributed by atoms with E-state index in [1.165, 1.54) is 5.56 Å². The molecule has 29 heavy (non-hydrogen) atoms. The van der Waals surface area contributed by atoms with E-state index in [2.05, 4.69) is 43.4 Å². The molecule has 1 aromatic carbocycles. The molecule has 1 heterocycles. The first-order chi connectivity index (χ1) is 14.0. The van der Waals surface area contributed by atoms with Crippen LogP contribution in [0.2, 0.25) is 0 Å². The van der Waals surface area contributed by atoms with Crippen molar-refractivity contribution >= 4 is 11.8 Å². The van der Waals surface area contributed by atoms with Crippen molar-refractivity contribution in [2.24, 2.45) is 17.6 Å². The lowest BCUT2D eigenvalue weighted by molar-refractivity contribution is -0.139. The second kappa shape index (κ2) is 12.6. The summed E-state index contributed by atoms with van der Waals surface area (Å²) in [7, 11) is 0. The molecule has 2 rings (SSSR count). The van der Waals surface area contributed by atoms with E-state index in [0.717, 1.165) is 58.0 Å². The lowest BCUT2D eigenvalue weighted by atomic mass is 9.89. The second-order valence-electron chi connectivity index (χ2n) is 8.49. The highest BCUT2D eigenvalue weighted by molar-refractivity contribution is 5.88. The van der Waals surface area contributed by atoms with Crippen molar-refractivity contribution in [2.45, 2.75) is 71.3 Å². The van der Waals surface area contributed by atoms with Crippen LogP contribution in [0.3, 0.4) is 0 Å². The zero-order valence-corrected chi connectivity index (χ0v) is 18.2. The largest absolute Gasteiger partial charge is 0.344 e. The number of likely N-dealkylation sites (tertiary alicyclic amines) is 1. The van der Waals surface area contributed by atoms with Gasteiger partial charge in [0.1, 0.15) is 6.04 Å². The standard InChI is InChI=1S/C24H39N3O2/c1-3-19(2)23(26-22(28)12-8-5-9-15-25)24(29)27-16-13-21(14-17-27)18-20-10-6-4-7-11-20/h4,6-7,10-11,19,21,23H,3,5,8-9,12-18,25H2,1-2H3,(H,26,28)/t19-,23-/m0/s1. The fourth-order valence-electron chi connectivity index (χ4n) is 4.04. The Balaban J connectivity index is 1.85. The predicted octanol–water partition coefficient (Wildman–Crippen LogP) is 3.52. The van der Waals surface area contributed by atoms with Crippen LogP contribution in [0.25, 0.3) is 0 Å². The minimum atomic E-state index is -0.410. The highest BCUT2D eigenvalue weighted by Gasteiger charge is 2.32. The molecule has 2 atom stereocenters. The van der Waals surface area contributed by atoms with E-state index in [1.807, 2.05) is 11.0 Å². The van der Waals surface area contributed by atoms with Crippen LogP contribution < -0.4 is 11.1 Å². The minimum absolute atomic E-state index is 0.0142. The Morgan fingerprint density at radius 1 is 1.14 bits per heavy atom. The fraction of sp³-hybridized carbons (Fsp3) is 0.667. The van der Waals surface area contributed by atoms with Gasteiger partial charge in [0, 0.05) is 19.5 Å². The molecule has 1 aliphatic rings. The van der Waals surface area contributed by atoms with Gasteiger partial charge < -0.3 is 16.0 Å². The van der Waals surface area contributed by atoms with E-state index in [0.29, 0.717) is 18.9 Å². The Morgan fingerprint density at radius 3 is 2.45 bits per heavy atom. The average molecular weight is 402 g/mol. The number of hydrogen-bond donors (Lipinski definition) is 2. The van der Waals surface area contributed by atoms with Gasteiger partial charge in [0.25, 0.3) is 0 Å². The summed E-state index contributed by atoms with van der Waals surface area (Å²) in [5.41, 5.74) is 6.88. The molecule has 0 aliphatic carbocycles. The third-order valence-electron chi connectivity index (χ3n) is 6.20. The van der Waals surface area contributed by atoms with E-state index in [4.69, 9.17) is 5.73 Å². The van der Waals surface area contributed by atoms with Crippen LogP contribution in [-0.4, -0.2) is 42.4 Å². The maximum Gasteiger partial charge on any atom is 0.245 e. The molecular weight excluding hydrogens is 362 g/mol. The number of nitrogens with two attached hydrogens (primary N) is 1. The first kappa shape index (κ1) is 23.4. The Hall–Kier alpha value is -1.88. The lowest BCUT2D eigenvalue weighted by Crippen LogP contribution is -2.53. The van der Waals surface area contributed by atoms with Crippen LogP contribution >= 0.6 is 0 Å². The van der Waals surface area contributed by atoms with Gasteiger partial charge in [0.2, 0.25) is 11.8 Å². The summed E-state index contributed by atoms with van der Waals surface area (Å²) in [5.74, 6) is 0.839. The monoisotopic (exact) mass is 401 g/mol. The van der Waals surface area contributed by atoms with Gasteiger partial charge in [0.15, 0.2) is 0 Å². The number of rotatable bonds is 11. The van der Waals surface area contributed by atoms with Gasteiger partial charge in [-0.3, -0.25) is 9.59 Å². The summed E-state index contributed by atoms with van der Waals surface area (Å²) in [5, 5.41) is 3.03. The summed E-state index contributed by atoms with van der Waals surface area (Å²) in [6.07, 6.45) is 7.21. The molecule has 3 N–H and O–H groups in total. The highest BCUT2D eigenvalue weighted by Crippen LogP contribution is 2.23. The van der Waals surface area contributed by atoms with E-state index in [9.17, 15) is 9.59 Å². The molecular formula is C24H39N3O2. The van der Waals surface area contributed by atoms with E-state index in [1.54, 1.807) is 0 Å². The van der Waals surface area contributed by atoms with Crippen molar-refractivity contribution in [3.05, 3.63) is 35.9 Å². The van der Waals surface area contributed by atoms with Crippen molar-refractivity contribution in [3.63, 3.8) is 0 Å². The first-order valence-corrected chi connectivity index (χ1v) is 11.4. The molecule has 0 bridgehead atoms. The molecule has 162 valence electrons. The number of nitrogens with one attached hydrogen (secondary N) is 1. The topological polar surface area (TPSA) is 75.4 Å². The fourth-order valence-corrected chi connectivity index (χ4v) is 4.04. The average Bonchev–Trinajstić information content (AvgIpc) is 2.75. The van der Waals surface area contributed by atoms with E-state index < -0.39 is 6.04 Å². The number of hydrogen-bond acceptors (Lipinski definition) is 3. The normalized spacial score (nSPS) is 17.0. The molecule has 0 aromatic heterocycles. The number of amides is 2. The minimum Gasteiger partial charge on any atom is -0.344 e. The predicted molar refractivity (Wildman–Crippen MR) is 118 cm³/mol. The number of benzene rings is 1. The highest BCUT2D eigenvalue weighted by atomic mass is 16.2. The van der Waals surface area contributed by atoms with Gasteiger partial charge in [-0.05, 0) is 56.0 Å². The summed E-state index contributed by atoms with van der Waals surface area (Å²) in [6, 6.07) is 10.2. The van der Waals surface area contributed by atoms with Crippen molar-refractivity contribution in [1.82, 2.24) is 10.2 Å². The molecule has 0 spiro atoms. The molecule has 5 heteroatoms. The van der Waals surface area contributed by atoms with Crippen LogP contribution in [-0.2, 0) is 16.0 Å². The third-order valence-corrected chi connectivity index (χ3v) is 6.20.